The van der Waals surface area contributed by atoms with Crippen molar-refractivity contribution in [3.8, 4) is 0 Å². The maximum atomic E-state index is 11.6. The van der Waals surface area contributed by atoms with Crippen molar-refractivity contribution >= 4 is 9.84 Å². The highest BCUT2D eigenvalue weighted by Gasteiger charge is 2.32. The van der Waals surface area contributed by atoms with Gasteiger partial charge in [0, 0.05) is 25.4 Å². The quantitative estimate of drug-likeness (QED) is 0.647. The van der Waals surface area contributed by atoms with E-state index in [4.69, 9.17) is 0 Å². The van der Waals surface area contributed by atoms with Crippen LogP contribution in [-0.2, 0) is 9.84 Å². The number of nitrogens with zero attached hydrogens (tertiary/aromatic N) is 1. The molecule has 0 aromatic rings. The molecule has 1 aliphatic rings. The lowest BCUT2D eigenvalue weighted by molar-refractivity contribution is 0.0299. The maximum absolute atomic E-state index is 11.6. The molecule has 1 unspecified atom stereocenters. The van der Waals surface area contributed by atoms with Gasteiger partial charge in [0.05, 0.1) is 11.4 Å². The van der Waals surface area contributed by atoms with Crippen molar-refractivity contribution in [1.29, 1.82) is 0 Å². The molecular formula is C11H24N2O3S. The van der Waals surface area contributed by atoms with E-state index < -0.39 is 15.4 Å². The van der Waals surface area contributed by atoms with Crippen molar-refractivity contribution in [3.05, 3.63) is 0 Å². The summed E-state index contributed by atoms with van der Waals surface area (Å²) in [5.41, 5.74) is -0.691. The summed E-state index contributed by atoms with van der Waals surface area (Å²) in [5.74, 6) is 0.438. The van der Waals surface area contributed by atoms with Gasteiger partial charge in [-0.15, -0.1) is 0 Å². The van der Waals surface area contributed by atoms with Gasteiger partial charge in [0.2, 0.25) is 0 Å². The van der Waals surface area contributed by atoms with Crippen LogP contribution in [-0.4, -0.2) is 68.8 Å². The summed E-state index contributed by atoms with van der Waals surface area (Å²) in [5, 5.41) is 13.3. The summed E-state index contributed by atoms with van der Waals surface area (Å²) >= 11 is 0. The monoisotopic (exact) mass is 264 g/mol. The Kier molecular flexibility index (Phi) is 5.37. The number of β-amino-alcohol motifs (C(OH)–C–C–N with tert-alkyl or cyclic N) is 1. The second kappa shape index (κ2) is 6.13. The van der Waals surface area contributed by atoms with E-state index in [9.17, 15) is 13.5 Å². The van der Waals surface area contributed by atoms with Crippen LogP contribution < -0.4 is 5.32 Å². The molecule has 6 heteroatoms. The highest BCUT2D eigenvalue weighted by molar-refractivity contribution is 7.91. The first-order valence-electron chi connectivity index (χ1n) is 6.19. The number of aliphatic hydroxyl groups is 1. The van der Waals surface area contributed by atoms with Crippen LogP contribution in [0.1, 0.15) is 19.8 Å². The fraction of sp³-hybridized carbons (Fsp3) is 1.00. The molecule has 1 heterocycles. The van der Waals surface area contributed by atoms with Crippen LogP contribution in [0, 0.1) is 0 Å². The summed E-state index contributed by atoms with van der Waals surface area (Å²) in [6.45, 7) is 4.32. The lowest BCUT2D eigenvalue weighted by Crippen LogP contribution is -2.44. The van der Waals surface area contributed by atoms with Crippen LogP contribution in [0.15, 0.2) is 0 Å². The van der Waals surface area contributed by atoms with Gasteiger partial charge >= 0.3 is 0 Å². The lowest BCUT2D eigenvalue weighted by atomic mass is 10.0. The van der Waals surface area contributed by atoms with Crippen LogP contribution in [0.4, 0.5) is 0 Å². The minimum Gasteiger partial charge on any atom is -0.387 e. The summed E-state index contributed by atoms with van der Waals surface area (Å²) in [6.07, 6.45) is 1.40. The van der Waals surface area contributed by atoms with Gasteiger partial charge in [0.1, 0.15) is 0 Å². The van der Waals surface area contributed by atoms with Crippen molar-refractivity contribution in [2.24, 2.45) is 0 Å². The summed E-state index contributed by atoms with van der Waals surface area (Å²) < 4.78 is 23.1. The fourth-order valence-corrected chi connectivity index (χ4v) is 3.57. The maximum Gasteiger partial charge on any atom is 0.151 e. The van der Waals surface area contributed by atoms with Crippen LogP contribution in [0.25, 0.3) is 0 Å². The number of likely N-dealkylation sites (N-methyl/N-ethyl adjacent to an activating group) is 1. The highest BCUT2D eigenvalue weighted by atomic mass is 32.2. The molecule has 0 amide bonds. The molecular weight excluding hydrogens is 240 g/mol. The first-order chi connectivity index (χ1) is 7.87. The molecule has 1 rings (SSSR count). The fourth-order valence-electron chi connectivity index (χ4n) is 2.15. The number of rotatable bonds is 7. The zero-order valence-electron chi connectivity index (χ0n) is 10.8. The Bertz CT molecular complexity index is 324. The van der Waals surface area contributed by atoms with Gasteiger partial charge in [-0.1, -0.05) is 6.92 Å². The van der Waals surface area contributed by atoms with Crippen molar-refractivity contribution in [2.45, 2.75) is 25.4 Å². The van der Waals surface area contributed by atoms with Crippen LogP contribution >= 0.6 is 0 Å². The molecule has 2 N–H and O–H groups in total. The van der Waals surface area contributed by atoms with Gasteiger partial charge in [-0.3, -0.25) is 0 Å². The summed E-state index contributed by atoms with van der Waals surface area (Å²) in [7, 11) is -1.06. The van der Waals surface area contributed by atoms with Gasteiger partial charge < -0.3 is 15.3 Å². The van der Waals surface area contributed by atoms with Crippen LogP contribution in [0.3, 0.4) is 0 Å². The molecule has 1 saturated heterocycles. The molecule has 0 aromatic carbocycles. The first-order valence-corrected chi connectivity index (χ1v) is 8.01. The summed E-state index contributed by atoms with van der Waals surface area (Å²) in [4.78, 5) is 1.90. The normalized spacial score (nSPS) is 25.6. The second-order valence-electron chi connectivity index (χ2n) is 5.04. The van der Waals surface area contributed by atoms with Gasteiger partial charge in [-0.05, 0) is 26.4 Å². The molecule has 0 bridgehead atoms. The smallest absolute Gasteiger partial charge is 0.151 e. The second-order valence-corrected chi connectivity index (χ2v) is 7.34. The molecule has 0 aliphatic carbocycles. The highest BCUT2D eigenvalue weighted by Crippen LogP contribution is 2.15. The predicted molar refractivity (Wildman–Crippen MR) is 68.9 cm³/mol. The summed E-state index contributed by atoms with van der Waals surface area (Å²) in [6, 6.07) is 0. The van der Waals surface area contributed by atoms with Crippen molar-refractivity contribution < 1.29 is 13.5 Å². The first kappa shape index (κ1) is 14.9. The minimum absolute atomic E-state index is 0.181. The zero-order chi connectivity index (χ0) is 12.9. The Balaban J connectivity index is 2.32. The number of nitrogens with one attached hydrogen (secondary N) is 1. The topological polar surface area (TPSA) is 69.6 Å². The van der Waals surface area contributed by atoms with Gasteiger partial charge in [-0.2, -0.15) is 0 Å². The van der Waals surface area contributed by atoms with E-state index in [0.717, 1.165) is 13.0 Å². The minimum atomic E-state index is -2.92. The zero-order valence-corrected chi connectivity index (χ0v) is 11.6. The average molecular weight is 264 g/mol. The van der Waals surface area contributed by atoms with Gasteiger partial charge in [0.25, 0.3) is 0 Å². The SMILES string of the molecule is CCCS(=O)(=O)CCN(C)CC1(O)CCNC1. The lowest BCUT2D eigenvalue weighted by Gasteiger charge is -2.27. The Morgan fingerprint density at radius 3 is 2.65 bits per heavy atom. The van der Waals surface area contributed by atoms with Crippen molar-refractivity contribution in [2.75, 3.05) is 44.7 Å². The van der Waals surface area contributed by atoms with Gasteiger partial charge in [0.15, 0.2) is 9.84 Å². The Morgan fingerprint density at radius 1 is 1.41 bits per heavy atom. The average Bonchev–Trinajstić information content (AvgIpc) is 2.62. The van der Waals surface area contributed by atoms with Gasteiger partial charge in [-0.25, -0.2) is 8.42 Å². The third kappa shape index (κ3) is 5.33. The standard InChI is InChI=1S/C11H24N2O3S/c1-3-7-17(15,16)8-6-13(2)10-11(14)4-5-12-9-11/h12,14H,3-10H2,1-2H3. The van der Waals surface area contributed by atoms with E-state index >= 15 is 0 Å². The number of hydrogen-bond acceptors (Lipinski definition) is 5. The molecule has 0 radical (unpaired) electrons. The largest absolute Gasteiger partial charge is 0.387 e. The molecule has 0 spiro atoms. The molecule has 1 fully saturated rings. The van der Waals surface area contributed by atoms with E-state index in [2.05, 4.69) is 5.32 Å². The molecule has 17 heavy (non-hydrogen) atoms. The molecule has 1 aliphatic heterocycles. The molecule has 1 atom stereocenters. The molecule has 102 valence electrons. The molecule has 0 aromatic heterocycles. The van der Waals surface area contributed by atoms with Crippen LogP contribution in [0.5, 0.6) is 0 Å². The third-order valence-electron chi connectivity index (χ3n) is 3.08. The third-order valence-corrected chi connectivity index (χ3v) is 4.92. The molecule has 5 nitrogen and oxygen atoms in total. The van der Waals surface area contributed by atoms with E-state index in [1.807, 2.05) is 18.9 Å². The predicted octanol–water partition coefficient (Wildman–Crippen LogP) is -0.533. The molecule has 0 saturated carbocycles. The van der Waals surface area contributed by atoms with E-state index in [0.29, 0.717) is 26.1 Å². The van der Waals surface area contributed by atoms with Crippen molar-refractivity contribution in [3.63, 3.8) is 0 Å². The Labute approximate surface area is 104 Å². The van der Waals surface area contributed by atoms with E-state index in [-0.39, 0.29) is 11.5 Å². The Hall–Kier alpha value is -0.170. The van der Waals surface area contributed by atoms with Crippen LogP contribution in [0.2, 0.25) is 0 Å². The van der Waals surface area contributed by atoms with E-state index in [1.165, 1.54) is 0 Å². The Morgan fingerprint density at radius 2 is 2.12 bits per heavy atom. The van der Waals surface area contributed by atoms with Crippen molar-refractivity contribution in [1.82, 2.24) is 10.2 Å². The van der Waals surface area contributed by atoms with E-state index in [1.54, 1.807) is 0 Å². The number of sulfone groups is 1. The number of hydrogen-bond donors (Lipinski definition) is 2.